The fraction of sp³-hybridized carbons (Fsp3) is 0.455. The van der Waals surface area contributed by atoms with Crippen molar-refractivity contribution >= 4 is 46.2 Å². The first-order valence-electron chi connectivity index (χ1n) is 20.3. The minimum Gasteiger partial charge on any atom is -0.488 e. The summed E-state index contributed by atoms with van der Waals surface area (Å²) in [7, 11) is 2.51. The van der Waals surface area contributed by atoms with E-state index in [0.29, 0.717) is 18.9 Å². The van der Waals surface area contributed by atoms with E-state index in [-0.39, 0.29) is 41.9 Å². The number of nitrogens with zero attached hydrogens (tertiary/aromatic N) is 4. The molecule has 4 aliphatic heterocycles. The van der Waals surface area contributed by atoms with E-state index in [1.54, 1.807) is 4.90 Å². The first kappa shape index (κ1) is 39.8. The number of likely N-dealkylation sites (tertiary alicyclic amines) is 2. The van der Waals surface area contributed by atoms with Crippen LogP contribution < -0.4 is 15.4 Å². The average Bonchev–Trinajstić information content (AvgIpc) is 4.06. The summed E-state index contributed by atoms with van der Waals surface area (Å²) in [4.78, 5) is 68.3. The molecule has 15 heteroatoms. The largest absolute Gasteiger partial charge is 0.488 e. The van der Waals surface area contributed by atoms with E-state index in [2.05, 4.69) is 56.8 Å². The van der Waals surface area contributed by atoms with Crippen molar-refractivity contribution in [2.75, 3.05) is 20.8 Å². The van der Waals surface area contributed by atoms with E-state index in [1.807, 2.05) is 44.9 Å². The number of nitrogens with one attached hydrogen (secondary N) is 3. The van der Waals surface area contributed by atoms with Gasteiger partial charge >= 0.3 is 12.2 Å². The number of hydrogen-bond acceptors (Lipinski definition) is 10. The summed E-state index contributed by atoms with van der Waals surface area (Å²) < 4.78 is 15.9. The van der Waals surface area contributed by atoms with Gasteiger partial charge in [0, 0.05) is 29.8 Å². The molecule has 5 heterocycles. The number of carbonyl (C=O) groups excluding carboxylic acids is 4. The normalized spacial score (nSPS) is 21.6. The lowest BCUT2D eigenvalue weighted by Crippen LogP contribution is -2.55. The Hall–Kier alpha value is -5.96. The zero-order valence-corrected chi connectivity index (χ0v) is 34.2. The monoisotopic (exact) mass is 805 g/mol. The number of alkyl carbamates (subject to hydrolysis) is 2. The van der Waals surface area contributed by atoms with Gasteiger partial charge in [-0.15, -0.1) is 0 Å². The zero-order valence-electron chi connectivity index (χ0n) is 34.2. The van der Waals surface area contributed by atoms with Crippen LogP contribution in [0.4, 0.5) is 15.3 Å². The molecule has 15 nitrogen and oxygen atoms in total. The Morgan fingerprint density at radius 3 is 2.32 bits per heavy atom. The van der Waals surface area contributed by atoms with Crippen molar-refractivity contribution < 1.29 is 38.5 Å². The molecule has 0 aliphatic carbocycles. The fourth-order valence-corrected chi connectivity index (χ4v) is 9.28. The van der Waals surface area contributed by atoms with Crippen LogP contribution in [0.3, 0.4) is 0 Å². The molecule has 0 saturated carbocycles. The van der Waals surface area contributed by atoms with Gasteiger partial charge in [-0.3, -0.25) is 14.6 Å². The van der Waals surface area contributed by atoms with Crippen molar-refractivity contribution in [2.24, 2.45) is 10.9 Å². The van der Waals surface area contributed by atoms with Crippen LogP contribution in [0, 0.1) is 5.92 Å². The second kappa shape index (κ2) is 16.0. The van der Waals surface area contributed by atoms with E-state index in [9.17, 15) is 24.3 Å². The van der Waals surface area contributed by atoms with Crippen LogP contribution in [0.5, 0.6) is 5.75 Å². The SMILES string of the molecule is COC(=O)N[C@@H](CO)C(=O)N1[C@@H](C)CC[C@H]1C1=Nc2ccc3cc4c(cc3c2C1)OCc1cc(-c2cnc([C@@H]3CC[C@H](C)N3C(=O)[C@@H](NC(=O)OC)C(C)C)[nH]2)ccc1-4. The number of aliphatic hydroxyl groups excluding tert-OH is 1. The van der Waals surface area contributed by atoms with Crippen molar-refractivity contribution in [3.05, 3.63) is 65.6 Å². The first-order chi connectivity index (χ1) is 28.4. The van der Waals surface area contributed by atoms with Gasteiger partial charge < -0.3 is 44.7 Å². The van der Waals surface area contributed by atoms with Gasteiger partial charge in [-0.1, -0.05) is 32.0 Å². The van der Waals surface area contributed by atoms with Crippen molar-refractivity contribution in [3.63, 3.8) is 0 Å². The maximum atomic E-state index is 13.8. The summed E-state index contributed by atoms with van der Waals surface area (Å²) in [5, 5.41) is 17.2. The molecule has 4 amide bonds. The number of aliphatic hydroxyl groups is 1. The lowest BCUT2D eigenvalue weighted by molar-refractivity contribution is -0.137. The lowest BCUT2D eigenvalue weighted by atomic mass is 9.91. The summed E-state index contributed by atoms with van der Waals surface area (Å²) >= 11 is 0. The molecule has 1 aromatic heterocycles. The Labute approximate surface area is 342 Å². The molecule has 0 radical (unpaired) electrons. The molecule has 0 bridgehead atoms. The van der Waals surface area contributed by atoms with Crippen LogP contribution in [0.25, 0.3) is 33.2 Å². The van der Waals surface area contributed by atoms with E-state index < -0.39 is 30.9 Å². The number of amides is 4. The maximum absolute atomic E-state index is 13.8. The summed E-state index contributed by atoms with van der Waals surface area (Å²) in [5.41, 5.74) is 7.74. The van der Waals surface area contributed by atoms with Crippen LogP contribution in [0.2, 0.25) is 0 Å². The molecule has 0 spiro atoms. The number of aromatic amines is 1. The molecular formula is C44H51N7O8. The lowest BCUT2D eigenvalue weighted by Gasteiger charge is -2.32. The van der Waals surface area contributed by atoms with Gasteiger partial charge in [-0.2, -0.15) is 0 Å². The summed E-state index contributed by atoms with van der Waals surface area (Å²) in [6, 6.07) is 12.2. The van der Waals surface area contributed by atoms with Crippen molar-refractivity contribution in [1.82, 2.24) is 30.4 Å². The van der Waals surface area contributed by atoms with Gasteiger partial charge in [-0.05, 0) is 103 Å². The van der Waals surface area contributed by atoms with Crippen molar-refractivity contribution in [2.45, 2.75) is 103 Å². The van der Waals surface area contributed by atoms with Gasteiger partial charge in [0.05, 0.1) is 50.5 Å². The number of ether oxygens (including phenoxy) is 3. The van der Waals surface area contributed by atoms with E-state index in [0.717, 1.165) is 87.1 Å². The number of carbonyl (C=O) groups is 4. The number of benzene rings is 3. The maximum Gasteiger partial charge on any atom is 0.407 e. The number of imidazole rings is 1. The number of H-pyrrole nitrogens is 1. The smallest absolute Gasteiger partial charge is 0.407 e. The highest BCUT2D eigenvalue weighted by Crippen LogP contribution is 2.45. The van der Waals surface area contributed by atoms with Gasteiger partial charge in [0.1, 0.15) is 30.3 Å². The third-order valence-corrected chi connectivity index (χ3v) is 12.4. The molecule has 59 heavy (non-hydrogen) atoms. The van der Waals surface area contributed by atoms with E-state index in [4.69, 9.17) is 19.5 Å². The van der Waals surface area contributed by atoms with Crippen LogP contribution in [0.1, 0.15) is 76.4 Å². The summed E-state index contributed by atoms with van der Waals surface area (Å²) in [6.45, 7) is 7.65. The number of methoxy groups -OCH3 is 2. The highest BCUT2D eigenvalue weighted by Gasteiger charge is 2.43. The van der Waals surface area contributed by atoms with Crippen LogP contribution in [0.15, 0.2) is 53.7 Å². The number of aromatic nitrogens is 2. The third-order valence-electron chi connectivity index (χ3n) is 12.4. The van der Waals surface area contributed by atoms with E-state index >= 15 is 0 Å². The van der Waals surface area contributed by atoms with Gasteiger partial charge in [0.2, 0.25) is 11.8 Å². The highest BCUT2D eigenvalue weighted by atomic mass is 16.5. The van der Waals surface area contributed by atoms with Crippen LogP contribution in [-0.2, 0) is 32.1 Å². The summed E-state index contributed by atoms with van der Waals surface area (Å²) in [5.74, 6) is 0.847. The van der Waals surface area contributed by atoms with Gasteiger partial charge in [0.25, 0.3) is 0 Å². The predicted molar refractivity (Wildman–Crippen MR) is 220 cm³/mol. The third kappa shape index (κ3) is 7.25. The molecule has 0 unspecified atom stereocenters. The number of hydrogen-bond donors (Lipinski definition) is 4. The molecule has 3 aromatic carbocycles. The molecule has 4 N–H and O–H groups in total. The predicted octanol–water partition coefficient (Wildman–Crippen LogP) is 5.95. The number of aliphatic imine (C=N–C) groups is 1. The Morgan fingerprint density at radius 2 is 1.61 bits per heavy atom. The molecule has 2 fully saturated rings. The van der Waals surface area contributed by atoms with Crippen molar-refractivity contribution in [3.8, 4) is 28.1 Å². The second-order valence-corrected chi connectivity index (χ2v) is 16.4. The Kier molecular flexibility index (Phi) is 10.8. The molecule has 4 aliphatic rings. The molecule has 8 rings (SSSR count). The minimum atomic E-state index is -1.11. The second-order valence-electron chi connectivity index (χ2n) is 16.4. The van der Waals surface area contributed by atoms with Gasteiger partial charge in [0.15, 0.2) is 0 Å². The number of rotatable bonds is 9. The number of fused-ring (bicyclic) bond motifs is 6. The minimum absolute atomic E-state index is 0.0183. The van der Waals surface area contributed by atoms with Crippen LogP contribution in [-0.4, -0.2) is 106 Å². The molecule has 2 saturated heterocycles. The zero-order chi connectivity index (χ0) is 41.7. The standard InChI is InChI=1S/C44H51N7O8/c1-22(2)39(49-44(56)58-6)42(54)51-24(4)8-14-37(51)40-45-19-34(47-40)26-9-11-28-27(15-26)21-59-38-18-29-25(16-31(28)38)10-12-32-30(29)17-33(46-32)36-13-7-23(3)50(36)41(53)35(20-52)48-43(55)57-5/h9-12,15-16,18-19,22-24,35-37,39,52H,7-8,13-14,17,20-21H2,1-6H3,(H,45,47)(H,48,55)(H,49,56)/t23-,24-,35-,36-,37-,39-/m0/s1. The Bertz CT molecular complexity index is 2360. The highest BCUT2D eigenvalue weighted by molar-refractivity contribution is 6.06. The Morgan fingerprint density at radius 1 is 0.898 bits per heavy atom. The fourth-order valence-electron chi connectivity index (χ4n) is 9.28. The Balaban J connectivity index is 1.01. The van der Waals surface area contributed by atoms with E-state index in [1.165, 1.54) is 14.2 Å². The molecular weight excluding hydrogens is 755 g/mol. The van der Waals surface area contributed by atoms with Crippen molar-refractivity contribution in [1.29, 1.82) is 0 Å². The molecule has 4 aromatic rings. The topological polar surface area (TPSA) is 188 Å². The summed E-state index contributed by atoms with van der Waals surface area (Å²) in [6.07, 6.45) is 4.06. The first-order valence-corrected chi connectivity index (χ1v) is 20.3. The quantitative estimate of drug-likeness (QED) is 0.159. The average molecular weight is 806 g/mol. The molecule has 6 atom stereocenters. The van der Waals surface area contributed by atoms with Crippen LogP contribution >= 0.6 is 0 Å². The molecule has 310 valence electrons. The van der Waals surface area contributed by atoms with Gasteiger partial charge in [-0.25, -0.2) is 14.6 Å².